The van der Waals surface area contributed by atoms with Crippen molar-refractivity contribution < 1.29 is 18.7 Å². The second kappa shape index (κ2) is 7.96. The largest absolute Gasteiger partial charge is 0.418 e. The number of benzene rings is 1. The Bertz CT molecular complexity index is 949. The van der Waals surface area contributed by atoms with Gasteiger partial charge in [0.15, 0.2) is 0 Å². The van der Waals surface area contributed by atoms with E-state index in [1.54, 1.807) is 13.0 Å². The van der Waals surface area contributed by atoms with Gasteiger partial charge in [-0.05, 0) is 45.0 Å². The third-order valence-electron chi connectivity index (χ3n) is 4.73. The molecule has 1 atom stereocenters. The summed E-state index contributed by atoms with van der Waals surface area (Å²) in [5, 5.41) is 2.98. The summed E-state index contributed by atoms with van der Waals surface area (Å²) in [7, 11) is 0. The van der Waals surface area contributed by atoms with E-state index >= 15 is 0 Å². The number of carbonyl (C=O) groups is 1. The summed E-state index contributed by atoms with van der Waals surface area (Å²) >= 11 is 5.75. The van der Waals surface area contributed by atoms with Crippen LogP contribution in [0.2, 0.25) is 5.02 Å². The van der Waals surface area contributed by atoms with E-state index in [1.807, 2.05) is 13.8 Å². The van der Waals surface area contributed by atoms with Gasteiger partial charge < -0.3 is 15.2 Å². The van der Waals surface area contributed by atoms with Crippen LogP contribution in [0.4, 0.5) is 14.9 Å². The first kappa shape index (κ1) is 21.0. The molecule has 2 heterocycles. The molecule has 0 saturated carbocycles. The maximum absolute atomic E-state index is 14.7. The third-order valence-corrected chi connectivity index (χ3v) is 4.95. The first-order valence-corrected chi connectivity index (χ1v) is 9.37. The normalized spacial score (nSPS) is 21.1. The fourth-order valence-corrected chi connectivity index (χ4v) is 3.02. The van der Waals surface area contributed by atoms with Crippen LogP contribution >= 0.6 is 11.6 Å². The highest BCUT2D eigenvalue weighted by molar-refractivity contribution is 6.30. The van der Waals surface area contributed by atoms with E-state index in [0.29, 0.717) is 29.3 Å². The molecule has 1 aromatic carbocycles. The van der Waals surface area contributed by atoms with Gasteiger partial charge in [-0.3, -0.25) is 10.3 Å². The molecule has 7 nitrogen and oxygen atoms in total. The molecule has 0 aliphatic carbocycles. The molecule has 0 spiro atoms. The standard InChI is InChI=1S/C20H22ClFN4O3/c1-19(2)17(23)26-20(3,8-9-28-19)14-10-13(5-6-15(14)22)25-18(27)29-16-7-4-12(21)11-24-16/h4-7,10-11H,8-9H2,1-3H3,(H2,23,26)(H,25,27)/t20-/m0/s1. The Kier molecular flexibility index (Phi) is 5.77. The zero-order valence-corrected chi connectivity index (χ0v) is 17.1. The minimum atomic E-state index is -0.943. The van der Waals surface area contributed by atoms with E-state index in [4.69, 9.17) is 26.8 Å². The maximum atomic E-state index is 14.7. The zero-order valence-electron chi connectivity index (χ0n) is 16.3. The van der Waals surface area contributed by atoms with Crippen molar-refractivity contribution in [3.63, 3.8) is 0 Å². The number of anilines is 1. The van der Waals surface area contributed by atoms with Crippen molar-refractivity contribution in [2.75, 3.05) is 11.9 Å². The number of pyridine rings is 1. The quantitative estimate of drug-likeness (QED) is 0.773. The summed E-state index contributed by atoms with van der Waals surface area (Å²) in [5.41, 5.74) is 5.05. The summed E-state index contributed by atoms with van der Waals surface area (Å²) < 4.78 is 25.5. The molecule has 0 radical (unpaired) electrons. The summed E-state index contributed by atoms with van der Waals surface area (Å²) in [6, 6.07) is 7.22. The lowest BCUT2D eigenvalue weighted by atomic mass is 9.88. The average molecular weight is 421 g/mol. The predicted octanol–water partition coefficient (Wildman–Crippen LogP) is 4.26. The van der Waals surface area contributed by atoms with Crippen molar-refractivity contribution in [1.29, 1.82) is 0 Å². The Labute approximate surface area is 173 Å². The summed E-state index contributed by atoms with van der Waals surface area (Å²) in [5.74, 6) is -0.0905. The number of aromatic nitrogens is 1. The van der Waals surface area contributed by atoms with Crippen LogP contribution in [-0.2, 0) is 10.3 Å². The van der Waals surface area contributed by atoms with E-state index in [-0.39, 0.29) is 11.7 Å². The SMILES string of the molecule is CC1(C)OCC[C@@](C)(c2cc(NC(=O)Oc3ccc(Cl)cn3)ccc2F)N=C1N. The summed E-state index contributed by atoms with van der Waals surface area (Å²) in [6.07, 6.45) is 1.02. The molecule has 2 aromatic rings. The van der Waals surface area contributed by atoms with Gasteiger partial charge in [0, 0.05) is 29.9 Å². The minimum absolute atomic E-state index is 0.0849. The number of nitrogens with zero attached hydrogens (tertiary/aromatic N) is 2. The number of carbonyl (C=O) groups excluding carboxylic acids is 1. The molecule has 0 bridgehead atoms. The topological polar surface area (TPSA) is 98.8 Å². The fraction of sp³-hybridized carbons (Fsp3) is 0.350. The maximum Gasteiger partial charge on any atom is 0.418 e. The van der Waals surface area contributed by atoms with Gasteiger partial charge in [0.05, 0.1) is 17.2 Å². The summed E-state index contributed by atoms with van der Waals surface area (Å²) in [6.45, 7) is 5.76. The van der Waals surface area contributed by atoms with E-state index in [1.165, 1.54) is 30.5 Å². The molecule has 0 unspecified atom stereocenters. The van der Waals surface area contributed by atoms with Crippen molar-refractivity contribution in [2.24, 2.45) is 10.7 Å². The molecule has 29 heavy (non-hydrogen) atoms. The number of hydrogen-bond donors (Lipinski definition) is 2. The van der Waals surface area contributed by atoms with Gasteiger partial charge in [0.2, 0.25) is 5.88 Å². The number of hydrogen-bond acceptors (Lipinski definition) is 6. The van der Waals surface area contributed by atoms with Crippen LogP contribution in [0.15, 0.2) is 41.5 Å². The van der Waals surface area contributed by atoms with E-state index in [9.17, 15) is 9.18 Å². The second-order valence-electron chi connectivity index (χ2n) is 7.40. The number of amides is 1. The van der Waals surface area contributed by atoms with E-state index in [0.717, 1.165) is 0 Å². The van der Waals surface area contributed by atoms with Crippen molar-refractivity contribution in [1.82, 2.24) is 4.98 Å². The van der Waals surface area contributed by atoms with Crippen molar-refractivity contribution in [3.05, 3.63) is 52.9 Å². The number of halogens is 2. The van der Waals surface area contributed by atoms with Crippen molar-refractivity contribution in [2.45, 2.75) is 38.3 Å². The molecule has 1 aliphatic rings. The number of ether oxygens (including phenoxy) is 2. The van der Waals surface area contributed by atoms with Crippen LogP contribution in [0, 0.1) is 5.82 Å². The highest BCUT2D eigenvalue weighted by atomic mass is 35.5. The van der Waals surface area contributed by atoms with Crippen LogP contribution in [0.25, 0.3) is 0 Å². The Balaban J connectivity index is 1.83. The van der Waals surface area contributed by atoms with Gasteiger partial charge in [-0.15, -0.1) is 0 Å². The monoisotopic (exact) mass is 420 g/mol. The van der Waals surface area contributed by atoms with Crippen LogP contribution in [-0.4, -0.2) is 29.1 Å². The van der Waals surface area contributed by atoms with Crippen LogP contribution in [0.1, 0.15) is 32.8 Å². The highest BCUT2D eigenvalue weighted by Gasteiger charge is 2.36. The third kappa shape index (κ3) is 4.83. The number of nitrogens with one attached hydrogen (secondary N) is 1. The molecule has 154 valence electrons. The lowest BCUT2D eigenvalue weighted by Crippen LogP contribution is -2.40. The van der Waals surface area contributed by atoms with Gasteiger partial charge in [-0.2, -0.15) is 0 Å². The number of aliphatic imine (C=N–C) groups is 1. The fourth-order valence-electron chi connectivity index (χ4n) is 2.91. The molecule has 1 amide bonds. The molecular weight excluding hydrogens is 399 g/mol. The van der Waals surface area contributed by atoms with Gasteiger partial charge in [-0.1, -0.05) is 11.6 Å². The lowest BCUT2D eigenvalue weighted by Gasteiger charge is -2.26. The molecule has 3 rings (SSSR count). The van der Waals surface area contributed by atoms with Gasteiger partial charge in [0.1, 0.15) is 17.3 Å². The first-order chi connectivity index (χ1) is 13.6. The number of amidine groups is 1. The van der Waals surface area contributed by atoms with Gasteiger partial charge in [0.25, 0.3) is 0 Å². The molecule has 0 saturated heterocycles. The van der Waals surface area contributed by atoms with Crippen LogP contribution in [0.3, 0.4) is 0 Å². The molecule has 1 aromatic heterocycles. The smallest absolute Gasteiger partial charge is 0.391 e. The zero-order chi connectivity index (χ0) is 21.2. The summed E-state index contributed by atoms with van der Waals surface area (Å²) in [4.78, 5) is 20.6. The number of nitrogens with two attached hydrogens (primary N) is 1. The average Bonchev–Trinajstić information content (AvgIpc) is 2.74. The predicted molar refractivity (Wildman–Crippen MR) is 109 cm³/mol. The Morgan fingerprint density at radius 3 is 2.76 bits per heavy atom. The lowest BCUT2D eigenvalue weighted by molar-refractivity contribution is 0.0319. The van der Waals surface area contributed by atoms with Crippen LogP contribution in [0.5, 0.6) is 5.88 Å². The Morgan fingerprint density at radius 1 is 1.31 bits per heavy atom. The van der Waals surface area contributed by atoms with Gasteiger partial charge >= 0.3 is 6.09 Å². The molecule has 3 N–H and O–H groups in total. The Morgan fingerprint density at radius 2 is 2.07 bits per heavy atom. The number of rotatable bonds is 3. The van der Waals surface area contributed by atoms with Crippen molar-refractivity contribution in [3.8, 4) is 5.88 Å². The first-order valence-electron chi connectivity index (χ1n) is 8.99. The molecule has 0 fully saturated rings. The Hall–Kier alpha value is -2.71. The minimum Gasteiger partial charge on any atom is -0.391 e. The highest BCUT2D eigenvalue weighted by Crippen LogP contribution is 2.36. The van der Waals surface area contributed by atoms with Crippen LogP contribution < -0.4 is 15.8 Å². The van der Waals surface area contributed by atoms with Gasteiger partial charge in [-0.25, -0.2) is 14.2 Å². The molecule has 1 aliphatic heterocycles. The van der Waals surface area contributed by atoms with Crippen molar-refractivity contribution >= 4 is 29.2 Å². The van der Waals surface area contributed by atoms with E-state index in [2.05, 4.69) is 15.3 Å². The second-order valence-corrected chi connectivity index (χ2v) is 7.84. The molecular formula is C20H22ClFN4O3. The van der Waals surface area contributed by atoms with E-state index < -0.39 is 23.1 Å². The molecule has 9 heteroatoms.